The van der Waals surface area contributed by atoms with Crippen molar-refractivity contribution in [2.45, 2.75) is 19.4 Å². The number of aromatic nitrogens is 2. The van der Waals surface area contributed by atoms with Crippen molar-refractivity contribution in [1.29, 1.82) is 0 Å². The smallest absolute Gasteiger partial charge is 0.126 e. The van der Waals surface area contributed by atoms with Gasteiger partial charge < -0.3 is 5.32 Å². The lowest BCUT2D eigenvalue weighted by atomic mass is 10.1. The Morgan fingerprint density at radius 1 is 1.31 bits per heavy atom. The molecular weight excluding hydrogens is 286 g/mol. The van der Waals surface area contributed by atoms with Crippen molar-refractivity contribution >= 4 is 33.1 Å². The van der Waals surface area contributed by atoms with Crippen molar-refractivity contribution in [2.75, 3.05) is 5.32 Å². The molecule has 1 N–H and O–H groups in total. The number of hydrogen-bond donors (Lipinski definition) is 1. The number of halogens is 1. The van der Waals surface area contributed by atoms with E-state index in [0.29, 0.717) is 0 Å². The van der Waals surface area contributed by atoms with Gasteiger partial charge in [0, 0.05) is 22.2 Å². The van der Waals surface area contributed by atoms with E-state index in [1.807, 2.05) is 23.7 Å². The molecule has 5 heteroatoms. The van der Waals surface area contributed by atoms with Crippen LogP contribution in [0.1, 0.15) is 18.9 Å². The van der Waals surface area contributed by atoms with Gasteiger partial charge in [-0.3, -0.25) is 0 Å². The molecule has 0 spiro atoms. The molecule has 0 atom stereocenters. The maximum absolute atomic E-state index is 4.32. The number of anilines is 1. The Kier molecular flexibility index (Phi) is 3.25. The molecule has 0 saturated carbocycles. The molecule has 3 nitrogen and oxygen atoms in total. The lowest BCUT2D eigenvalue weighted by Crippen LogP contribution is -2.28. The van der Waals surface area contributed by atoms with Crippen molar-refractivity contribution in [3.63, 3.8) is 0 Å². The fraction of sp³-hybridized carbons (Fsp3) is 0.273. The monoisotopic (exact) mass is 297 g/mol. The lowest BCUT2D eigenvalue weighted by molar-refractivity contribution is 0.601. The predicted octanol–water partition coefficient (Wildman–Crippen LogP) is 3.65. The van der Waals surface area contributed by atoms with Crippen LogP contribution in [-0.2, 0) is 5.54 Å². The van der Waals surface area contributed by atoms with Crippen LogP contribution in [0, 0.1) is 0 Å². The summed E-state index contributed by atoms with van der Waals surface area (Å²) in [5.74, 6) is 0.850. The minimum absolute atomic E-state index is 0.199. The fourth-order valence-corrected chi connectivity index (χ4v) is 2.31. The number of pyridine rings is 1. The first-order valence-electron chi connectivity index (χ1n) is 4.88. The minimum atomic E-state index is -0.199. The van der Waals surface area contributed by atoms with E-state index in [4.69, 9.17) is 0 Å². The van der Waals surface area contributed by atoms with Crippen LogP contribution in [0.25, 0.3) is 0 Å². The SMILES string of the molecule is CC(C)(Nc1ccc(Br)cn1)c1nccs1. The van der Waals surface area contributed by atoms with Gasteiger partial charge in [-0.2, -0.15) is 0 Å². The molecule has 0 aliphatic carbocycles. The Hall–Kier alpha value is -0.940. The predicted molar refractivity (Wildman–Crippen MR) is 70.7 cm³/mol. The first-order valence-corrected chi connectivity index (χ1v) is 6.55. The summed E-state index contributed by atoms with van der Waals surface area (Å²) in [6.07, 6.45) is 3.60. The molecule has 2 aromatic heterocycles. The molecule has 0 amide bonds. The van der Waals surface area contributed by atoms with Gasteiger partial charge in [0.25, 0.3) is 0 Å². The highest BCUT2D eigenvalue weighted by molar-refractivity contribution is 9.10. The van der Waals surface area contributed by atoms with Gasteiger partial charge in [-0.1, -0.05) is 0 Å². The highest BCUT2D eigenvalue weighted by Crippen LogP contribution is 2.26. The zero-order valence-electron chi connectivity index (χ0n) is 9.07. The van der Waals surface area contributed by atoms with Crippen LogP contribution in [0.3, 0.4) is 0 Å². The van der Waals surface area contributed by atoms with E-state index in [1.165, 1.54) is 0 Å². The fourth-order valence-electron chi connectivity index (χ4n) is 1.36. The first-order chi connectivity index (χ1) is 7.58. The van der Waals surface area contributed by atoms with E-state index < -0.39 is 0 Å². The Labute approximate surface area is 107 Å². The highest BCUT2D eigenvalue weighted by atomic mass is 79.9. The average Bonchev–Trinajstić information content (AvgIpc) is 2.75. The molecule has 0 saturated heterocycles. The Morgan fingerprint density at radius 3 is 2.69 bits per heavy atom. The number of rotatable bonds is 3. The van der Waals surface area contributed by atoms with Gasteiger partial charge in [0.2, 0.25) is 0 Å². The van der Waals surface area contributed by atoms with Gasteiger partial charge in [-0.25, -0.2) is 9.97 Å². The van der Waals surface area contributed by atoms with Crippen LogP contribution >= 0.6 is 27.3 Å². The van der Waals surface area contributed by atoms with Gasteiger partial charge in [-0.05, 0) is 41.9 Å². The highest BCUT2D eigenvalue weighted by Gasteiger charge is 2.23. The van der Waals surface area contributed by atoms with Crippen LogP contribution in [0.4, 0.5) is 5.82 Å². The van der Waals surface area contributed by atoms with Crippen LogP contribution in [0.5, 0.6) is 0 Å². The van der Waals surface area contributed by atoms with Crippen molar-refractivity contribution in [1.82, 2.24) is 9.97 Å². The molecule has 0 bridgehead atoms. The maximum Gasteiger partial charge on any atom is 0.126 e. The molecule has 2 heterocycles. The van der Waals surface area contributed by atoms with E-state index in [9.17, 15) is 0 Å². The van der Waals surface area contributed by atoms with Gasteiger partial charge in [-0.15, -0.1) is 11.3 Å². The van der Waals surface area contributed by atoms with E-state index in [1.54, 1.807) is 17.5 Å². The zero-order chi connectivity index (χ0) is 11.6. The molecule has 0 aliphatic rings. The minimum Gasteiger partial charge on any atom is -0.359 e. The van der Waals surface area contributed by atoms with Crippen LogP contribution in [-0.4, -0.2) is 9.97 Å². The van der Waals surface area contributed by atoms with E-state index in [2.05, 4.69) is 45.1 Å². The van der Waals surface area contributed by atoms with E-state index in [-0.39, 0.29) is 5.54 Å². The summed E-state index contributed by atoms with van der Waals surface area (Å²) in [6, 6.07) is 3.91. The third kappa shape index (κ3) is 2.59. The molecule has 2 rings (SSSR count). The topological polar surface area (TPSA) is 37.8 Å². The Balaban J connectivity index is 2.18. The molecule has 0 aromatic carbocycles. The maximum atomic E-state index is 4.32. The molecule has 0 unspecified atom stereocenters. The lowest BCUT2D eigenvalue weighted by Gasteiger charge is -2.24. The third-order valence-electron chi connectivity index (χ3n) is 2.13. The molecule has 0 radical (unpaired) electrons. The average molecular weight is 298 g/mol. The molecular formula is C11H12BrN3S. The number of thiazole rings is 1. The third-order valence-corrected chi connectivity index (χ3v) is 3.70. The van der Waals surface area contributed by atoms with Crippen molar-refractivity contribution in [3.8, 4) is 0 Å². The van der Waals surface area contributed by atoms with Gasteiger partial charge in [0.15, 0.2) is 0 Å². The van der Waals surface area contributed by atoms with Gasteiger partial charge in [0.05, 0.1) is 5.54 Å². The van der Waals surface area contributed by atoms with E-state index in [0.717, 1.165) is 15.3 Å². The second kappa shape index (κ2) is 4.51. The Morgan fingerprint density at radius 2 is 2.12 bits per heavy atom. The summed E-state index contributed by atoms with van der Waals surface area (Å²) in [5, 5.41) is 6.40. The second-order valence-corrected chi connectivity index (χ2v) is 5.76. The first kappa shape index (κ1) is 11.5. The standard InChI is InChI=1S/C11H12BrN3S/c1-11(2,10-13-5-6-16-10)15-9-4-3-8(12)7-14-9/h3-7H,1-2H3,(H,14,15). The summed E-state index contributed by atoms with van der Waals surface area (Å²) >= 11 is 5.00. The summed E-state index contributed by atoms with van der Waals surface area (Å²) in [4.78, 5) is 8.61. The summed E-state index contributed by atoms with van der Waals surface area (Å²) in [6.45, 7) is 4.19. The summed E-state index contributed by atoms with van der Waals surface area (Å²) < 4.78 is 0.977. The second-order valence-electron chi connectivity index (χ2n) is 3.95. The molecule has 84 valence electrons. The number of hydrogen-bond acceptors (Lipinski definition) is 4. The number of nitrogens with zero attached hydrogens (tertiary/aromatic N) is 2. The van der Waals surface area contributed by atoms with Crippen molar-refractivity contribution in [3.05, 3.63) is 39.4 Å². The quantitative estimate of drug-likeness (QED) is 0.940. The van der Waals surface area contributed by atoms with Crippen molar-refractivity contribution in [2.24, 2.45) is 0 Å². The molecule has 0 aliphatic heterocycles. The summed E-state index contributed by atoms with van der Waals surface area (Å²) in [5.41, 5.74) is -0.199. The van der Waals surface area contributed by atoms with Crippen molar-refractivity contribution < 1.29 is 0 Å². The largest absolute Gasteiger partial charge is 0.359 e. The molecule has 2 aromatic rings. The normalized spacial score (nSPS) is 11.4. The Bertz CT molecular complexity index is 451. The number of nitrogens with one attached hydrogen (secondary N) is 1. The van der Waals surface area contributed by atoms with Crippen LogP contribution in [0.2, 0.25) is 0 Å². The zero-order valence-corrected chi connectivity index (χ0v) is 11.5. The van der Waals surface area contributed by atoms with Crippen LogP contribution < -0.4 is 5.32 Å². The van der Waals surface area contributed by atoms with Crippen LogP contribution in [0.15, 0.2) is 34.4 Å². The van der Waals surface area contributed by atoms with Gasteiger partial charge in [0.1, 0.15) is 10.8 Å². The van der Waals surface area contributed by atoms with E-state index >= 15 is 0 Å². The molecule has 16 heavy (non-hydrogen) atoms. The van der Waals surface area contributed by atoms with Gasteiger partial charge >= 0.3 is 0 Å². The molecule has 0 fully saturated rings. The summed E-state index contributed by atoms with van der Waals surface area (Å²) in [7, 11) is 0.